The second-order valence-corrected chi connectivity index (χ2v) is 10.2. The Hall–Kier alpha value is -2.78. The standard InChI is InChI=1S/C23H26FN3O4S/c24-19-7-11-21(12-8-19)32(30,31)27-15-3-4-18(16-27)22(28)25-20-9-5-17(6-10-20)23(29)26-13-1-2-14-26/h5-12,18H,1-4,13-16H2,(H,25,28). The first-order valence-corrected chi connectivity index (χ1v) is 12.2. The number of nitrogens with zero attached hydrogens (tertiary/aromatic N) is 2. The monoisotopic (exact) mass is 459 g/mol. The number of sulfonamides is 1. The molecule has 170 valence electrons. The molecule has 1 unspecified atom stereocenters. The lowest BCUT2D eigenvalue weighted by atomic mass is 9.98. The predicted octanol–water partition coefficient (Wildman–Crippen LogP) is 3.10. The van der Waals surface area contributed by atoms with Gasteiger partial charge < -0.3 is 10.2 Å². The van der Waals surface area contributed by atoms with Gasteiger partial charge in [0.2, 0.25) is 15.9 Å². The van der Waals surface area contributed by atoms with Crippen molar-refractivity contribution in [2.24, 2.45) is 5.92 Å². The van der Waals surface area contributed by atoms with Crippen LogP contribution in [0, 0.1) is 11.7 Å². The van der Waals surface area contributed by atoms with Crippen LogP contribution in [0.15, 0.2) is 53.4 Å². The second-order valence-electron chi connectivity index (χ2n) is 8.22. The molecule has 2 aromatic rings. The van der Waals surface area contributed by atoms with Crippen LogP contribution in [0.4, 0.5) is 10.1 Å². The van der Waals surface area contributed by atoms with Crippen LogP contribution in [0.5, 0.6) is 0 Å². The third-order valence-corrected chi connectivity index (χ3v) is 7.88. The maximum atomic E-state index is 13.2. The van der Waals surface area contributed by atoms with Gasteiger partial charge in [-0.05, 0) is 74.2 Å². The van der Waals surface area contributed by atoms with Gasteiger partial charge in [0.15, 0.2) is 0 Å². The fourth-order valence-electron chi connectivity index (χ4n) is 4.17. The highest BCUT2D eigenvalue weighted by Crippen LogP contribution is 2.25. The average molecular weight is 460 g/mol. The van der Waals surface area contributed by atoms with E-state index in [0.717, 1.165) is 38.1 Å². The molecule has 2 aliphatic heterocycles. The van der Waals surface area contributed by atoms with Gasteiger partial charge in [-0.1, -0.05) is 0 Å². The molecule has 9 heteroatoms. The summed E-state index contributed by atoms with van der Waals surface area (Å²) >= 11 is 0. The summed E-state index contributed by atoms with van der Waals surface area (Å²) in [5.41, 5.74) is 1.14. The third kappa shape index (κ3) is 4.83. The fraction of sp³-hybridized carbons (Fsp3) is 0.391. The van der Waals surface area contributed by atoms with E-state index in [-0.39, 0.29) is 23.3 Å². The van der Waals surface area contributed by atoms with Gasteiger partial charge in [0, 0.05) is 37.4 Å². The molecule has 0 aromatic heterocycles. The summed E-state index contributed by atoms with van der Waals surface area (Å²) in [6.07, 6.45) is 3.18. The molecule has 2 heterocycles. The van der Waals surface area contributed by atoms with Gasteiger partial charge >= 0.3 is 0 Å². The van der Waals surface area contributed by atoms with Crippen LogP contribution in [0.2, 0.25) is 0 Å². The van der Waals surface area contributed by atoms with Crippen LogP contribution >= 0.6 is 0 Å². The van der Waals surface area contributed by atoms with Crippen LogP contribution in [0.25, 0.3) is 0 Å². The first-order valence-electron chi connectivity index (χ1n) is 10.8. The van der Waals surface area contributed by atoms with Crippen LogP contribution in [-0.2, 0) is 14.8 Å². The van der Waals surface area contributed by atoms with Crippen LogP contribution < -0.4 is 5.32 Å². The number of likely N-dealkylation sites (tertiary alicyclic amines) is 1. The van der Waals surface area contributed by atoms with Crippen molar-refractivity contribution in [3.8, 4) is 0 Å². The van der Waals surface area contributed by atoms with E-state index in [4.69, 9.17) is 0 Å². The van der Waals surface area contributed by atoms with Crippen LogP contribution in [0.1, 0.15) is 36.0 Å². The number of carbonyl (C=O) groups is 2. The number of hydrogen-bond acceptors (Lipinski definition) is 4. The van der Waals surface area contributed by atoms with Crippen molar-refractivity contribution in [1.29, 1.82) is 0 Å². The Labute approximate surface area is 187 Å². The van der Waals surface area contributed by atoms with Crippen molar-refractivity contribution in [2.45, 2.75) is 30.6 Å². The topological polar surface area (TPSA) is 86.8 Å². The van der Waals surface area contributed by atoms with Crippen molar-refractivity contribution in [3.05, 3.63) is 59.9 Å². The third-order valence-electron chi connectivity index (χ3n) is 6.00. The minimum absolute atomic E-state index is 0.00528. The molecule has 2 aliphatic rings. The zero-order valence-electron chi connectivity index (χ0n) is 17.7. The van der Waals surface area contributed by atoms with Gasteiger partial charge in [-0.2, -0.15) is 4.31 Å². The summed E-state index contributed by atoms with van der Waals surface area (Å²) in [6.45, 7) is 1.93. The number of benzene rings is 2. The molecule has 2 saturated heterocycles. The number of amides is 2. The number of nitrogens with one attached hydrogen (secondary N) is 1. The first kappa shape index (κ1) is 22.4. The highest BCUT2D eigenvalue weighted by Gasteiger charge is 2.33. The molecule has 2 aromatic carbocycles. The van der Waals surface area contributed by atoms with Crippen LogP contribution in [-0.4, -0.2) is 55.6 Å². The molecular formula is C23H26FN3O4S. The average Bonchev–Trinajstić information content (AvgIpc) is 3.34. The summed E-state index contributed by atoms with van der Waals surface area (Å²) in [6, 6.07) is 11.5. The molecule has 1 atom stereocenters. The number of hydrogen-bond donors (Lipinski definition) is 1. The molecule has 2 fully saturated rings. The Morgan fingerprint density at radius 3 is 2.22 bits per heavy atom. The Kier molecular flexibility index (Phi) is 6.57. The number of rotatable bonds is 5. The molecule has 1 N–H and O–H groups in total. The molecule has 0 saturated carbocycles. The van der Waals surface area contributed by atoms with Crippen molar-refractivity contribution in [1.82, 2.24) is 9.21 Å². The van der Waals surface area contributed by atoms with Gasteiger partial charge in [0.25, 0.3) is 5.91 Å². The van der Waals surface area contributed by atoms with Crippen molar-refractivity contribution in [2.75, 3.05) is 31.5 Å². The predicted molar refractivity (Wildman–Crippen MR) is 118 cm³/mol. The quantitative estimate of drug-likeness (QED) is 0.745. The van der Waals surface area contributed by atoms with Crippen LogP contribution in [0.3, 0.4) is 0 Å². The fourth-order valence-corrected chi connectivity index (χ4v) is 5.70. The smallest absolute Gasteiger partial charge is 0.253 e. The maximum absolute atomic E-state index is 13.2. The maximum Gasteiger partial charge on any atom is 0.253 e. The molecule has 2 amide bonds. The van der Waals surface area contributed by atoms with E-state index in [9.17, 15) is 22.4 Å². The van der Waals surface area contributed by atoms with Gasteiger partial charge in [-0.15, -0.1) is 0 Å². The minimum Gasteiger partial charge on any atom is -0.339 e. The van der Waals surface area contributed by atoms with E-state index >= 15 is 0 Å². The van der Waals surface area contributed by atoms with Crippen molar-refractivity contribution >= 4 is 27.5 Å². The Balaban J connectivity index is 1.39. The second kappa shape index (κ2) is 9.38. The van der Waals surface area contributed by atoms with Crippen molar-refractivity contribution in [3.63, 3.8) is 0 Å². The zero-order valence-corrected chi connectivity index (χ0v) is 18.5. The summed E-state index contributed by atoms with van der Waals surface area (Å²) in [4.78, 5) is 27.1. The lowest BCUT2D eigenvalue weighted by molar-refractivity contribution is -0.120. The minimum atomic E-state index is -3.80. The molecule has 0 bridgehead atoms. The first-order chi connectivity index (χ1) is 15.3. The normalized spacial score (nSPS) is 19.7. The van der Waals surface area contributed by atoms with Gasteiger partial charge in [-0.3, -0.25) is 9.59 Å². The Morgan fingerprint density at radius 1 is 0.906 bits per heavy atom. The van der Waals surface area contributed by atoms with Crippen molar-refractivity contribution < 1.29 is 22.4 Å². The van der Waals surface area contributed by atoms with Gasteiger partial charge in [-0.25, -0.2) is 12.8 Å². The SMILES string of the molecule is O=C(Nc1ccc(C(=O)N2CCCC2)cc1)C1CCCN(S(=O)(=O)c2ccc(F)cc2)C1. The highest BCUT2D eigenvalue weighted by atomic mass is 32.2. The van der Waals surface area contributed by atoms with E-state index in [1.165, 1.54) is 16.4 Å². The highest BCUT2D eigenvalue weighted by molar-refractivity contribution is 7.89. The van der Waals surface area contributed by atoms with E-state index in [1.54, 1.807) is 24.3 Å². The molecular weight excluding hydrogens is 433 g/mol. The molecule has 7 nitrogen and oxygen atoms in total. The Bertz CT molecular complexity index is 1080. The lowest BCUT2D eigenvalue weighted by Gasteiger charge is -2.31. The van der Waals surface area contributed by atoms with E-state index in [2.05, 4.69) is 5.32 Å². The van der Waals surface area contributed by atoms with E-state index < -0.39 is 21.8 Å². The van der Waals surface area contributed by atoms with Gasteiger partial charge in [0.1, 0.15) is 5.82 Å². The lowest BCUT2D eigenvalue weighted by Crippen LogP contribution is -2.43. The molecule has 0 aliphatic carbocycles. The van der Waals surface area contributed by atoms with E-state index in [1.807, 2.05) is 4.90 Å². The molecule has 32 heavy (non-hydrogen) atoms. The number of carbonyl (C=O) groups excluding carboxylic acids is 2. The number of halogens is 1. The summed E-state index contributed by atoms with van der Waals surface area (Å²) in [5.74, 6) is -1.27. The summed E-state index contributed by atoms with van der Waals surface area (Å²) in [7, 11) is -3.80. The largest absolute Gasteiger partial charge is 0.339 e. The number of anilines is 1. The molecule has 0 spiro atoms. The van der Waals surface area contributed by atoms with Gasteiger partial charge in [0.05, 0.1) is 10.8 Å². The molecule has 0 radical (unpaired) electrons. The zero-order chi connectivity index (χ0) is 22.7. The Morgan fingerprint density at radius 2 is 1.56 bits per heavy atom. The van der Waals surface area contributed by atoms with E-state index in [0.29, 0.717) is 30.6 Å². The summed E-state index contributed by atoms with van der Waals surface area (Å²) in [5, 5.41) is 2.83. The summed E-state index contributed by atoms with van der Waals surface area (Å²) < 4.78 is 40.2. The molecule has 4 rings (SSSR count). The number of piperidine rings is 1.